The normalized spacial score (nSPS) is 28.7. The van der Waals surface area contributed by atoms with Crippen LogP contribution >= 0.6 is 0 Å². The highest BCUT2D eigenvalue weighted by molar-refractivity contribution is 6.78. The molecule has 0 bridgehead atoms. The highest BCUT2D eigenvalue weighted by atomic mass is 28.3. The second-order valence-corrected chi connectivity index (χ2v) is 11.6. The van der Waals surface area contributed by atoms with Gasteiger partial charge in [0, 0.05) is 8.07 Å². The van der Waals surface area contributed by atoms with E-state index in [1.807, 2.05) is 0 Å². The lowest BCUT2D eigenvalue weighted by molar-refractivity contribution is 0.471. The van der Waals surface area contributed by atoms with E-state index in [0.717, 1.165) is 5.73 Å². The average Bonchev–Trinajstić information content (AvgIpc) is 2.13. The molecule has 1 saturated heterocycles. The zero-order valence-electron chi connectivity index (χ0n) is 6.69. The summed E-state index contributed by atoms with van der Waals surface area (Å²) in [4.78, 5) is 0. The second kappa shape index (κ2) is 2.21. The van der Waals surface area contributed by atoms with E-state index in [0.29, 0.717) is 0 Å². The van der Waals surface area contributed by atoms with Crippen molar-refractivity contribution in [3.05, 3.63) is 0 Å². The molecule has 9 heavy (non-hydrogen) atoms. The molecule has 1 heterocycles. The fourth-order valence-corrected chi connectivity index (χ4v) is 6.10. The van der Waals surface area contributed by atoms with Crippen LogP contribution in [0.5, 0.6) is 0 Å². The fourth-order valence-electron chi connectivity index (χ4n) is 0.932. The highest BCUT2D eigenvalue weighted by Crippen LogP contribution is 2.26. The smallest absolute Gasteiger partial charge is 0.236 e. The third-order valence-electron chi connectivity index (χ3n) is 1.52. The molecule has 0 spiro atoms. The Morgan fingerprint density at radius 3 is 2.00 bits per heavy atom. The van der Waals surface area contributed by atoms with Crippen LogP contribution in [0.4, 0.5) is 0 Å². The molecule has 1 nitrogen and oxygen atoms in total. The SMILES string of the molecule is C[Si]1OC1C[Si](C)(C)C. The summed E-state index contributed by atoms with van der Waals surface area (Å²) in [7, 11) is -1.07. The molecule has 0 aromatic carbocycles. The Bertz CT molecular complexity index is 108. The first-order chi connectivity index (χ1) is 3.99. The largest absolute Gasteiger partial charge is 0.412 e. The maximum atomic E-state index is 5.43. The Morgan fingerprint density at radius 2 is 1.89 bits per heavy atom. The molecule has 0 aromatic rings. The third-order valence-corrected chi connectivity index (χ3v) is 5.18. The Balaban J connectivity index is 2.19. The molecule has 1 aliphatic heterocycles. The molecule has 1 aliphatic rings. The summed E-state index contributed by atoms with van der Waals surface area (Å²) in [5.41, 5.74) is 0.724. The average molecular weight is 159 g/mol. The van der Waals surface area contributed by atoms with E-state index in [2.05, 4.69) is 26.2 Å². The minimum atomic E-state index is -0.799. The van der Waals surface area contributed by atoms with Crippen molar-refractivity contribution < 1.29 is 4.43 Å². The van der Waals surface area contributed by atoms with Gasteiger partial charge < -0.3 is 4.43 Å². The van der Waals surface area contributed by atoms with Crippen LogP contribution in [-0.4, -0.2) is 22.8 Å². The summed E-state index contributed by atoms with van der Waals surface area (Å²) >= 11 is 0. The quantitative estimate of drug-likeness (QED) is 0.443. The molecule has 1 radical (unpaired) electrons. The molecular formula is C6H15OSi2. The number of hydrogen-bond donors (Lipinski definition) is 0. The van der Waals surface area contributed by atoms with Crippen LogP contribution in [-0.2, 0) is 4.43 Å². The number of rotatable bonds is 2. The van der Waals surface area contributed by atoms with E-state index in [-0.39, 0.29) is 9.04 Å². The van der Waals surface area contributed by atoms with Crippen molar-refractivity contribution in [2.75, 3.05) is 0 Å². The Morgan fingerprint density at radius 1 is 1.44 bits per heavy atom. The first kappa shape index (κ1) is 7.50. The van der Waals surface area contributed by atoms with Crippen molar-refractivity contribution in [2.45, 2.75) is 38.0 Å². The molecule has 3 heteroatoms. The van der Waals surface area contributed by atoms with Crippen LogP contribution in [0.1, 0.15) is 0 Å². The maximum Gasteiger partial charge on any atom is 0.236 e. The third kappa shape index (κ3) is 2.64. The molecule has 1 rings (SSSR count). The molecule has 0 aromatic heterocycles. The molecule has 1 fully saturated rings. The summed E-state index contributed by atoms with van der Waals surface area (Å²) in [6.07, 6.45) is 0. The summed E-state index contributed by atoms with van der Waals surface area (Å²) in [6, 6.07) is 1.39. The van der Waals surface area contributed by atoms with Gasteiger partial charge in [-0.25, -0.2) is 0 Å². The van der Waals surface area contributed by atoms with E-state index in [1.165, 1.54) is 6.04 Å². The topological polar surface area (TPSA) is 12.5 Å². The van der Waals surface area contributed by atoms with Gasteiger partial charge in [-0.15, -0.1) is 0 Å². The maximum absolute atomic E-state index is 5.43. The van der Waals surface area contributed by atoms with E-state index in [1.54, 1.807) is 0 Å². The highest BCUT2D eigenvalue weighted by Gasteiger charge is 2.40. The second-order valence-electron chi connectivity index (χ2n) is 3.98. The first-order valence-electron chi connectivity index (χ1n) is 3.49. The van der Waals surface area contributed by atoms with Gasteiger partial charge in [0.25, 0.3) is 0 Å². The van der Waals surface area contributed by atoms with E-state index < -0.39 is 8.07 Å². The lowest BCUT2D eigenvalue weighted by atomic mass is 10.9. The van der Waals surface area contributed by atoms with Gasteiger partial charge in [-0.05, 0) is 12.6 Å². The van der Waals surface area contributed by atoms with E-state index in [9.17, 15) is 0 Å². The Hall–Kier alpha value is 0.394. The Labute approximate surface area is 60.2 Å². The van der Waals surface area contributed by atoms with Crippen LogP contribution in [0.15, 0.2) is 0 Å². The molecular weight excluding hydrogens is 144 g/mol. The van der Waals surface area contributed by atoms with Crippen LogP contribution in [0, 0.1) is 0 Å². The Kier molecular flexibility index (Phi) is 1.85. The minimum Gasteiger partial charge on any atom is -0.412 e. The molecule has 0 N–H and O–H groups in total. The monoisotopic (exact) mass is 159 g/mol. The predicted molar refractivity (Wildman–Crippen MR) is 44.6 cm³/mol. The minimum absolute atomic E-state index is 0.266. The molecule has 0 aliphatic carbocycles. The lowest BCUT2D eigenvalue weighted by Gasteiger charge is -2.12. The summed E-state index contributed by atoms with van der Waals surface area (Å²) in [6.45, 7) is 9.48. The molecule has 0 amide bonds. The lowest BCUT2D eigenvalue weighted by Crippen LogP contribution is -2.22. The van der Waals surface area contributed by atoms with E-state index in [4.69, 9.17) is 4.43 Å². The van der Waals surface area contributed by atoms with Crippen molar-refractivity contribution in [3.8, 4) is 0 Å². The van der Waals surface area contributed by atoms with Gasteiger partial charge in [0.15, 0.2) is 0 Å². The van der Waals surface area contributed by atoms with Crippen LogP contribution in [0.25, 0.3) is 0 Å². The predicted octanol–water partition coefficient (Wildman–Crippen LogP) is 1.88. The zero-order valence-corrected chi connectivity index (χ0v) is 8.69. The summed E-state index contributed by atoms with van der Waals surface area (Å²) < 4.78 is 5.43. The molecule has 1 atom stereocenters. The summed E-state index contributed by atoms with van der Waals surface area (Å²) in [5, 5.41) is 0. The van der Waals surface area contributed by atoms with Gasteiger partial charge in [0.2, 0.25) is 9.04 Å². The van der Waals surface area contributed by atoms with Gasteiger partial charge in [-0.2, -0.15) is 0 Å². The van der Waals surface area contributed by atoms with Gasteiger partial charge in [0.1, 0.15) is 0 Å². The molecule has 1 unspecified atom stereocenters. The van der Waals surface area contributed by atoms with Crippen molar-refractivity contribution in [1.29, 1.82) is 0 Å². The molecule has 0 saturated carbocycles. The van der Waals surface area contributed by atoms with E-state index >= 15 is 0 Å². The summed E-state index contributed by atoms with van der Waals surface area (Å²) in [5.74, 6) is 0. The standard InChI is InChI=1S/C6H15OSi2/c1-8-6(7-8)5-9(2,3)4/h6H,5H2,1-4H3. The number of hydrogen-bond acceptors (Lipinski definition) is 1. The van der Waals surface area contributed by atoms with Gasteiger partial charge in [-0.1, -0.05) is 19.6 Å². The zero-order chi connectivity index (χ0) is 7.07. The van der Waals surface area contributed by atoms with Gasteiger partial charge >= 0.3 is 0 Å². The first-order valence-corrected chi connectivity index (χ1v) is 9.18. The van der Waals surface area contributed by atoms with Crippen molar-refractivity contribution in [1.82, 2.24) is 0 Å². The fraction of sp³-hybridized carbons (Fsp3) is 1.00. The van der Waals surface area contributed by atoms with Crippen molar-refractivity contribution in [3.63, 3.8) is 0 Å². The van der Waals surface area contributed by atoms with Crippen LogP contribution in [0.2, 0.25) is 32.2 Å². The van der Waals surface area contributed by atoms with Crippen LogP contribution in [0.3, 0.4) is 0 Å². The molecule has 53 valence electrons. The van der Waals surface area contributed by atoms with Crippen molar-refractivity contribution in [2.24, 2.45) is 0 Å². The van der Waals surface area contributed by atoms with Crippen LogP contribution < -0.4 is 0 Å². The van der Waals surface area contributed by atoms with Gasteiger partial charge in [-0.3, -0.25) is 0 Å². The van der Waals surface area contributed by atoms with Crippen molar-refractivity contribution >= 4 is 17.1 Å². The van der Waals surface area contributed by atoms with Gasteiger partial charge in [0.05, 0.1) is 5.73 Å².